The molecule has 1 saturated carbocycles. The molecule has 1 aliphatic carbocycles. The molecule has 0 radical (unpaired) electrons. The lowest BCUT2D eigenvalue weighted by atomic mass is 10.0. The highest BCUT2D eigenvalue weighted by atomic mass is 35.5. The Hall–Kier alpha value is -2.12. The fraction of sp³-hybridized carbons (Fsp3) is 0.481. The van der Waals surface area contributed by atoms with Crippen LogP contribution in [0.3, 0.4) is 0 Å². The molecule has 35 heavy (non-hydrogen) atoms. The lowest BCUT2D eigenvalue weighted by Crippen LogP contribution is -2.53. The summed E-state index contributed by atoms with van der Waals surface area (Å²) in [5.74, 6) is 0.404. The van der Waals surface area contributed by atoms with E-state index in [2.05, 4.69) is 11.4 Å². The van der Waals surface area contributed by atoms with Crippen LogP contribution in [-0.2, 0) is 9.53 Å². The summed E-state index contributed by atoms with van der Waals surface area (Å²) in [5, 5.41) is 4.36. The molecule has 3 aliphatic rings. The third kappa shape index (κ3) is 5.21. The molecule has 0 unspecified atom stereocenters. The molecule has 2 aliphatic heterocycles. The SMILES string of the molecule is Cc1cc(C)cc(C(=O)N2CCN(C(=O)CO[C@@H]3C[C@H]4C[C@H]3CN4)[C@H](c3ccc(Cl)c(Cl)c3)C2)c1. The number of carbonyl (C=O) groups excluding carboxylic acids is 2. The fourth-order valence-electron chi connectivity index (χ4n) is 5.80. The summed E-state index contributed by atoms with van der Waals surface area (Å²) in [6.07, 6.45) is 2.23. The monoisotopic (exact) mass is 515 g/mol. The Morgan fingerprint density at radius 2 is 1.80 bits per heavy atom. The van der Waals surface area contributed by atoms with Crippen molar-refractivity contribution in [3.63, 3.8) is 0 Å². The predicted molar refractivity (Wildman–Crippen MR) is 137 cm³/mol. The van der Waals surface area contributed by atoms with Crippen LogP contribution >= 0.6 is 23.2 Å². The van der Waals surface area contributed by atoms with Crippen molar-refractivity contribution in [3.8, 4) is 0 Å². The van der Waals surface area contributed by atoms with Crippen molar-refractivity contribution >= 4 is 35.0 Å². The van der Waals surface area contributed by atoms with Crippen molar-refractivity contribution in [2.24, 2.45) is 5.92 Å². The molecule has 3 fully saturated rings. The Labute approximate surface area is 216 Å². The summed E-state index contributed by atoms with van der Waals surface area (Å²) >= 11 is 12.5. The van der Waals surface area contributed by atoms with Crippen molar-refractivity contribution in [2.45, 2.75) is 44.9 Å². The molecule has 2 aromatic carbocycles. The zero-order chi connectivity index (χ0) is 24.7. The van der Waals surface area contributed by atoms with Crippen molar-refractivity contribution in [1.29, 1.82) is 0 Å². The van der Waals surface area contributed by atoms with Gasteiger partial charge < -0.3 is 19.9 Å². The summed E-state index contributed by atoms with van der Waals surface area (Å²) in [6, 6.07) is 11.5. The van der Waals surface area contributed by atoms with Crippen molar-refractivity contribution in [3.05, 3.63) is 68.7 Å². The van der Waals surface area contributed by atoms with E-state index < -0.39 is 0 Å². The number of amides is 2. The third-order valence-electron chi connectivity index (χ3n) is 7.50. The maximum absolute atomic E-state index is 13.4. The Morgan fingerprint density at radius 3 is 2.46 bits per heavy atom. The lowest BCUT2D eigenvalue weighted by Gasteiger charge is -2.42. The number of fused-ring (bicyclic) bond motifs is 2. The summed E-state index contributed by atoms with van der Waals surface area (Å²) in [5.41, 5.74) is 3.63. The molecule has 2 heterocycles. The van der Waals surface area contributed by atoms with Crippen LogP contribution in [0.15, 0.2) is 36.4 Å². The predicted octanol–water partition coefficient (Wildman–Crippen LogP) is 4.40. The number of halogens is 2. The first-order valence-electron chi connectivity index (χ1n) is 12.3. The van der Waals surface area contributed by atoms with E-state index in [0.29, 0.717) is 47.2 Å². The number of hydrogen-bond acceptors (Lipinski definition) is 4. The highest BCUT2D eigenvalue weighted by molar-refractivity contribution is 6.42. The average molecular weight is 516 g/mol. The number of ether oxygens (including phenoxy) is 1. The molecule has 2 saturated heterocycles. The van der Waals surface area contributed by atoms with Gasteiger partial charge in [-0.2, -0.15) is 0 Å². The Kier molecular flexibility index (Phi) is 7.09. The Morgan fingerprint density at radius 1 is 1.03 bits per heavy atom. The van der Waals surface area contributed by atoms with Gasteiger partial charge in [-0.05, 0) is 62.4 Å². The van der Waals surface area contributed by atoms with Gasteiger partial charge in [0.05, 0.1) is 22.2 Å². The Balaban J connectivity index is 1.34. The molecular weight excluding hydrogens is 485 g/mol. The van der Waals surface area contributed by atoms with Crippen molar-refractivity contribution < 1.29 is 14.3 Å². The van der Waals surface area contributed by atoms with Crippen LogP contribution in [0.5, 0.6) is 0 Å². The van der Waals surface area contributed by atoms with Gasteiger partial charge in [0.2, 0.25) is 5.91 Å². The van der Waals surface area contributed by atoms with Crippen molar-refractivity contribution in [2.75, 3.05) is 32.8 Å². The molecular formula is C27H31Cl2N3O3. The van der Waals surface area contributed by atoms with Gasteiger partial charge in [-0.3, -0.25) is 9.59 Å². The Bertz CT molecular complexity index is 1120. The van der Waals surface area contributed by atoms with Crippen LogP contribution < -0.4 is 5.32 Å². The fourth-order valence-corrected chi connectivity index (χ4v) is 6.11. The van der Waals surface area contributed by atoms with Gasteiger partial charge >= 0.3 is 0 Å². The molecule has 8 heteroatoms. The molecule has 2 aromatic rings. The number of rotatable bonds is 5. The lowest BCUT2D eigenvalue weighted by molar-refractivity contribution is -0.144. The molecule has 0 aromatic heterocycles. The van der Waals surface area contributed by atoms with Gasteiger partial charge in [0.25, 0.3) is 5.91 Å². The molecule has 1 N–H and O–H groups in total. The topological polar surface area (TPSA) is 61.9 Å². The largest absolute Gasteiger partial charge is 0.368 e. The van der Waals surface area contributed by atoms with Gasteiger partial charge in [-0.25, -0.2) is 0 Å². The minimum Gasteiger partial charge on any atom is -0.368 e. The number of carbonyl (C=O) groups is 2. The van der Waals surface area contributed by atoms with E-state index in [9.17, 15) is 9.59 Å². The summed E-state index contributed by atoms with van der Waals surface area (Å²) in [6.45, 7) is 6.28. The van der Waals surface area contributed by atoms with Crippen LogP contribution in [0.25, 0.3) is 0 Å². The van der Waals surface area contributed by atoms with E-state index in [-0.39, 0.29) is 30.6 Å². The minimum absolute atomic E-state index is 0.0281. The van der Waals surface area contributed by atoms with Crippen LogP contribution in [0.1, 0.15) is 45.9 Å². The van der Waals surface area contributed by atoms with E-state index >= 15 is 0 Å². The second kappa shape index (κ2) is 10.1. The molecule has 186 valence electrons. The van der Waals surface area contributed by atoms with E-state index in [1.807, 2.05) is 41.8 Å². The molecule has 4 atom stereocenters. The average Bonchev–Trinajstić information content (AvgIpc) is 3.46. The number of nitrogens with one attached hydrogen (secondary N) is 1. The summed E-state index contributed by atoms with van der Waals surface area (Å²) in [7, 11) is 0. The molecule has 5 rings (SSSR count). The van der Waals surface area contributed by atoms with Gasteiger partial charge in [0.15, 0.2) is 0 Å². The van der Waals surface area contributed by atoms with Gasteiger partial charge in [0.1, 0.15) is 6.61 Å². The van der Waals surface area contributed by atoms with E-state index in [1.54, 1.807) is 12.1 Å². The second-order valence-electron chi connectivity index (χ2n) is 10.1. The quantitative estimate of drug-likeness (QED) is 0.640. The highest BCUT2D eigenvalue weighted by Gasteiger charge is 2.41. The highest BCUT2D eigenvalue weighted by Crippen LogP contribution is 2.34. The van der Waals surface area contributed by atoms with Crippen LogP contribution in [0, 0.1) is 19.8 Å². The number of benzene rings is 2. The normalized spacial score (nSPS) is 25.8. The number of piperazine rings is 1. The maximum atomic E-state index is 13.4. The molecule has 2 amide bonds. The maximum Gasteiger partial charge on any atom is 0.254 e. The number of nitrogens with zero attached hydrogens (tertiary/aromatic N) is 2. The zero-order valence-electron chi connectivity index (χ0n) is 20.1. The first-order chi connectivity index (χ1) is 16.8. The van der Waals surface area contributed by atoms with Gasteiger partial charge in [-0.1, -0.05) is 46.5 Å². The smallest absolute Gasteiger partial charge is 0.254 e. The van der Waals surface area contributed by atoms with Gasteiger partial charge in [0, 0.05) is 37.8 Å². The first-order valence-corrected chi connectivity index (χ1v) is 13.0. The number of piperidine rings is 1. The summed E-state index contributed by atoms with van der Waals surface area (Å²) < 4.78 is 6.09. The van der Waals surface area contributed by atoms with Crippen molar-refractivity contribution in [1.82, 2.24) is 15.1 Å². The first kappa shape index (κ1) is 24.6. The molecule has 0 spiro atoms. The number of aryl methyl sites for hydroxylation is 2. The van der Waals surface area contributed by atoms with E-state index in [4.69, 9.17) is 27.9 Å². The van der Waals surface area contributed by atoms with Crippen LogP contribution in [0.4, 0.5) is 0 Å². The van der Waals surface area contributed by atoms with Gasteiger partial charge in [-0.15, -0.1) is 0 Å². The minimum atomic E-state index is -0.328. The standard InChI is InChI=1S/C27H31Cl2N3O3/c1-16-7-17(2)9-19(8-16)27(34)31-5-6-32(24(14-31)18-3-4-22(28)23(29)11-18)26(33)15-35-25-12-21-10-20(25)13-30-21/h3-4,7-9,11,20-21,24-25,30H,5-6,10,12-15H2,1-2H3/t20-,21+,24-,25+/m0/s1. The second-order valence-corrected chi connectivity index (χ2v) is 10.9. The van der Waals surface area contributed by atoms with Crippen LogP contribution in [0.2, 0.25) is 10.0 Å². The van der Waals surface area contributed by atoms with Crippen LogP contribution in [-0.4, -0.2) is 66.5 Å². The third-order valence-corrected chi connectivity index (χ3v) is 8.24. The molecule has 6 nitrogen and oxygen atoms in total. The zero-order valence-corrected chi connectivity index (χ0v) is 21.6. The number of hydrogen-bond donors (Lipinski definition) is 1. The van der Waals surface area contributed by atoms with E-state index in [1.165, 1.54) is 0 Å². The molecule has 2 bridgehead atoms. The summed E-state index contributed by atoms with van der Waals surface area (Å²) in [4.78, 5) is 30.4. The van der Waals surface area contributed by atoms with E-state index in [0.717, 1.165) is 36.1 Å².